The highest BCUT2D eigenvalue weighted by molar-refractivity contribution is 5.90. The average molecular weight is 743 g/mol. The summed E-state index contributed by atoms with van der Waals surface area (Å²) in [6.45, 7) is 0. The van der Waals surface area contributed by atoms with Crippen LogP contribution in [0.1, 0.15) is 28.7 Å². The van der Waals surface area contributed by atoms with E-state index in [2.05, 4.69) is 222 Å². The number of nitrogens with zero attached hydrogens (tertiary/aromatic N) is 4. The van der Waals surface area contributed by atoms with Crippen LogP contribution in [0.2, 0.25) is 0 Å². The number of rotatable bonds is 6. The van der Waals surface area contributed by atoms with E-state index in [9.17, 15) is 0 Å². The van der Waals surface area contributed by atoms with Gasteiger partial charge in [-0.15, -0.1) is 0 Å². The van der Waals surface area contributed by atoms with Gasteiger partial charge in [0, 0.05) is 34.5 Å². The molecule has 4 nitrogen and oxygen atoms in total. The molecule has 0 amide bonds. The van der Waals surface area contributed by atoms with Crippen molar-refractivity contribution in [3.63, 3.8) is 0 Å². The van der Waals surface area contributed by atoms with E-state index >= 15 is 0 Å². The Morgan fingerprint density at radius 1 is 0.345 bits per heavy atom. The van der Waals surface area contributed by atoms with Crippen LogP contribution in [-0.4, -0.2) is 9.97 Å². The normalized spacial score (nSPS) is 15.2. The molecule has 0 saturated carbocycles. The fourth-order valence-electron chi connectivity index (χ4n) is 9.03. The fraction of sp³-hybridized carbons (Fsp3) is 0.0370. The quantitative estimate of drug-likeness (QED) is 0.170. The molecule has 2 unspecified atom stereocenters. The van der Waals surface area contributed by atoms with Crippen molar-refractivity contribution in [2.24, 2.45) is 0 Å². The number of benzene rings is 8. The SMILES string of the molecule is c1ccc(-c2cc(-c3ccccc3)cc(N3c4ccccc4C4c5ccccc5N(c5cc(-c6ccccc6)nc(-c6ccccc6)n5)C4c4ccccc43)c2)cc1. The molecule has 0 saturated heterocycles. The molecule has 11 rings (SSSR count). The van der Waals surface area contributed by atoms with Gasteiger partial charge in [-0.25, -0.2) is 9.97 Å². The molecular weight excluding hydrogens is 705 g/mol. The van der Waals surface area contributed by atoms with Crippen LogP contribution >= 0.6 is 0 Å². The molecule has 9 aromatic rings. The van der Waals surface area contributed by atoms with Crippen molar-refractivity contribution in [1.29, 1.82) is 0 Å². The van der Waals surface area contributed by atoms with Gasteiger partial charge in [-0.3, -0.25) is 0 Å². The third-order valence-corrected chi connectivity index (χ3v) is 11.6. The molecule has 58 heavy (non-hydrogen) atoms. The van der Waals surface area contributed by atoms with E-state index in [1.165, 1.54) is 44.6 Å². The van der Waals surface area contributed by atoms with Crippen molar-refractivity contribution in [2.45, 2.75) is 12.0 Å². The van der Waals surface area contributed by atoms with Crippen LogP contribution in [0.15, 0.2) is 218 Å². The van der Waals surface area contributed by atoms with Crippen LogP contribution in [0.25, 0.3) is 44.9 Å². The number of para-hydroxylation sites is 3. The predicted molar refractivity (Wildman–Crippen MR) is 238 cm³/mol. The van der Waals surface area contributed by atoms with Crippen molar-refractivity contribution >= 4 is 28.6 Å². The van der Waals surface area contributed by atoms with Gasteiger partial charge >= 0.3 is 0 Å². The maximum absolute atomic E-state index is 5.43. The Kier molecular flexibility index (Phi) is 8.25. The third kappa shape index (κ3) is 5.77. The van der Waals surface area contributed by atoms with E-state index in [0.717, 1.165) is 39.7 Å². The smallest absolute Gasteiger partial charge is 0.162 e. The zero-order valence-electron chi connectivity index (χ0n) is 31.7. The van der Waals surface area contributed by atoms with Gasteiger partial charge in [-0.05, 0) is 75.3 Å². The van der Waals surface area contributed by atoms with Crippen molar-refractivity contribution in [2.75, 3.05) is 9.80 Å². The maximum atomic E-state index is 5.43. The highest BCUT2D eigenvalue weighted by Gasteiger charge is 2.46. The molecule has 0 radical (unpaired) electrons. The molecular formula is C54H38N4. The van der Waals surface area contributed by atoms with E-state index in [1.54, 1.807) is 0 Å². The van der Waals surface area contributed by atoms with Crippen LogP contribution in [0.3, 0.4) is 0 Å². The average Bonchev–Trinajstić information content (AvgIpc) is 3.59. The van der Waals surface area contributed by atoms with Crippen LogP contribution in [-0.2, 0) is 0 Å². The van der Waals surface area contributed by atoms with Crippen LogP contribution < -0.4 is 9.80 Å². The molecule has 2 aliphatic rings. The molecule has 0 aliphatic carbocycles. The summed E-state index contributed by atoms with van der Waals surface area (Å²) < 4.78 is 0. The molecule has 0 N–H and O–H groups in total. The topological polar surface area (TPSA) is 32.3 Å². The van der Waals surface area contributed by atoms with Crippen LogP contribution in [0.4, 0.5) is 28.6 Å². The zero-order chi connectivity index (χ0) is 38.4. The van der Waals surface area contributed by atoms with Gasteiger partial charge in [0.1, 0.15) is 5.82 Å². The minimum atomic E-state index is -0.104. The lowest BCUT2D eigenvalue weighted by Gasteiger charge is -2.32. The summed E-state index contributed by atoms with van der Waals surface area (Å²) in [5.74, 6) is 1.58. The number of fused-ring (bicyclic) bond motifs is 7. The van der Waals surface area contributed by atoms with Crippen molar-refractivity contribution < 1.29 is 0 Å². The Morgan fingerprint density at radius 2 is 0.793 bits per heavy atom. The second kappa shape index (κ2) is 14.2. The largest absolute Gasteiger partial charge is 0.317 e. The highest BCUT2D eigenvalue weighted by Crippen LogP contribution is 2.61. The summed E-state index contributed by atoms with van der Waals surface area (Å²) in [6, 6.07) is 78.2. The van der Waals surface area contributed by atoms with Gasteiger partial charge in [0.2, 0.25) is 0 Å². The number of anilines is 5. The summed E-state index contributed by atoms with van der Waals surface area (Å²) in [7, 11) is 0. The van der Waals surface area contributed by atoms with Gasteiger partial charge in [0.25, 0.3) is 0 Å². The molecule has 3 heterocycles. The second-order valence-electron chi connectivity index (χ2n) is 15.0. The molecule has 8 aromatic carbocycles. The minimum Gasteiger partial charge on any atom is -0.317 e. The lowest BCUT2D eigenvalue weighted by atomic mass is 9.84. The van der Waals surface area contributed by atoms with Gasteiger partial charge in [0.05, 0.1) is 23.1 Å². The predicted octanol–water partition coefficient (Wildman–Crippen LogP) is 14.0. The number of hydrogen-bond donors (Lipinski definition) is 0. The first-order valence-corrected chi connectivity index (χ1v) is 19.9. The van der Waals surface area contributed by atoms with Crippen molar-refractivity contribution in [1.82, 2.24) is 9.97 Å². The Morgan fingerprint density at radius 3 is 1.38 bits per heavy atom. The Labute approximate surface area is 339 Å². The van der Waals surface area contributed by atoms with Crippen LogP contribution in [0, 0.1) is 0 Å². The first-order chi connectivity index (χ1) is 28.8. The number of hydrogen-bond acceptors (Lipinski definition) is 4. The zero-order valence-corrected chi connectivity index (χ0v) is 31.7. The monoisotopic (exact) mass is 742 g/mol. The fourth-order valence-corrected chi connectivity index (χ4v) is 9.03. The third-order valence-electron chi connectivity index (χ3n) is 11.6. The summed E-state index contributed by atoms with van der Waals surface area (Å²) in [5, 5.41) is 0. The molecule has 274 valence electrons. The molecule has 4 heteroatoms. The van der Waals surface area contributed by atoms with E-state index in [4.69, 9.17) is 9.97 Å². The minimum absolute atomic E-state index is 0.0137. The highest BCUT2D eigenvalue weighted by atomic mass is 15.3. The molecule has 1 aromatic heterocycles. The summed E-state index contributed by atoms with van der Waals surface area (Å²) >= 11 is 0. The standard InChI is InChI=1S/C54H38N4/c1-5-19-37(20-6-1)41-33-42(38-21-7-2-8-22-38)35-43(34-41)57-48-30-16-13-27-44(48)52-45-28-14-17-31-49(45)58(53(52)46-29-15-18-32-50(46)57)51-36-47(39-23-9-3-10-24-39)55-54(56-51)40-25-11-4-12-26-40/h1-36,52-53H. The Balaban J connectivity index is 1.17. The van der Waals surface area contributed by atoms with Crippen molar-refractivity contribution in [3.8, 4) is 44.9 Å². The first-order valence-electron chi connectivity index (χ1n) is 19.9. The van der Waals surface area contributed by atoms with E-state index in [0.29, 0.717) is 5.82 Å². The first kappa shape index (κ1) is 33.8. The summed E-state index contributed by atoms with van der Waals surface area (Å²) in [5.41, 5.74) is 16.0. The van der Waals surface area contributed by atoms with Gasteiger partial charge in [-0.2, -0.15) is 0 Å². The van der Waals surface area contributed by atoms with Crippen molar-refractivity contribution in [3.05, 3.63) is 235 Å². The molecule has 2 aliphatic heterocycles. The summed E-state index contributed by atoms with van der Waals surface area (Å²) in [4.78, 5) is 15.6. The molecule has 0 bridgehead atoms. The molecule has 0 fully saturated rings. The molecule has 0 spiro atoms. The second-order valence-corrected chi connectivity index (χ2v) is 15.0. The van der Waals surface area contributed by atoms with E-state index < -0.39 is 0 Å². The van der Waals surface area contributed by atoms with Gasteiger partial charge < -0.3 is 9.80 Å². The number of aromatic nitrogens is 2. The van der Waals surface area contributed by atoms with Gasteiger partial charge in [-0.1, -0.05) is 176 Å². The van der Waals surface area contributed by atoms with Crippen LogP contribution in [0.5, 0.6) is 0 Å². The Bertz CT molecular complexity index is 2800. The molecule has 2 atom stereocenters. The van der Waals surface area contributed by atoms with E-state index in [1.807, 2.05) is 6.07 Å². The van der Waals surface area contributed by atoms with Gasteiger partial charge in [0.15, 0.2) is 5.82 Å². The lowest BCUT2D eigenvalue weighted by Crippen LogP contribution is -2.24. The maximum Gasteiger partial charge on any atom is 0.162 e. The van der Waals surface area contributed by atoms with E-state index in [-0.39, 0.29) is 12.0 Å². The summed E-state index contributed by atoms with van der Waals surface area (Å²) in [6.07, 6.45) is 0. The Hall–Kier alpha value is -7.56. The lowest BCUT2D eigenvalue weighted by molar-refractivity contribution is 0.660.